The number of methoxy groups -OCH3 is 1. The van der Waals surface area contributed by atoms with E-state index in [9.17, 15) is 9.59 Å². The number of carbonyl (C=O) groups excluding carboxylic acids is 2. The van der Waals surface area contributed by atoms with Crippen LogP contribution < -0.4 is 0 Å². The van der Waals surface area contributed by atoms with Gasteiger partial charge >= 0.3 is 6.09 Å². The quantitative estimate of drug-likeness (QED) is 0.623. The van der Waals surface area contributed by atoms with Gasteiger partial charge in [-0.15, -0.1) is 10.2 Å². The predicted molar refractivity (Wildman–Crippen MR) is 108 cm³/mol. The largest absolute Gasteiger partial charge is 0.459 e. The first-order chi connectivity index (χ1) is 15.1. The van der Waals surface area contributed by atoms with Gasteiger partial charge in [0.25, 0.3) is 5.91 Å². The number of pyridine rings is 1. The standard InChI is InChI=1S/C21H22N6O4/c1-30-20(29)26-13-17-23-24-18(15-4-2-8-22-12-15)27(17)21(14-26)6-9-25(10-7-21)19(28)16-5-3-11-31-16/h2-5,8,11-12H,6-7,9-10,13-14H2,1H3. The number of hydrogen-bond donors (Lipinski definition) is 0. The minimum atomic E-state index is -0.448. The molecule has 2 amide bonds. The van der Waals surface area contributed by atoms with Gasteiger partial charge in [-0.2, -0.15) is 0 Å². The monoisotopic (exact) mass is 422 g/mol. The van der Waals surface area contributed by atoms with E-state index in [1.54, 1.807) is 34.3 Å². The first-order valence-electron chi connectivity index (χ1n) is 10.1. The van der Waals surface area contributed by atoms with E-state index in [4.69, 9.17) is 9.15 Å². The van der Waals surface area contributed by atoms with Crippen molar-refractivity contribution in [3.63, 3.8) is 0 Å². The molecule has 160 valence electrons. The zero-order chi connectivity index (χ0) is 21.4. The molecule has 0 bridgehead atoms. The fraction of sp³-hybridized carbons (Fsp3) is 0.381. The number of piperidine rings is 1. The van der Waals surface area contributed by atoms with Crippen molar-refractivity contribution < 1.29 is 18.7 Å². The average molecular weight is 422 g/mol. The van der Waals surface area contributed by atoms with Crippen molar-refractivity contribution in [2.24, 2.45) is 0 Å². The third kappa shape index (κ3) is 3.24. The van der Waals surface area contributed by atoms with Crippen molar-refractivity contribution in [1.82, 2.24) is 29.5 Å². The molecule has 2 aliphatic rings. The lowest BCUT2D eigenvalue weighted by Crippen LogP contribution is -2.57. The number of amides is 2. The second kappa shape index (κ2) is 7.53. The van der Waals surface area contributed by atoms with Crippen LogP contribution in [0.4, 0.5) is 4.79 Å². The van der Waals surface area contributed by atoms with Crippen LogP contribution in [0, 0.1) is 0 Å². The minimum Gasteiger partial charge on any atom is -0.459 e. The molecule has 0 radical (unpaired) electrons. The number of aromatic nitrogens is 4. The smallest absolute Gasteiger partial charge is 0.409 e. The summed E-state index contributed by atoms with van der Waals surface area (Å²) in [5.74, 6) is 1.62. The Bertz CT molecular complexity index is 1090. The lowest BCUT2D eigenvalue weighted by atomic mass is 9.84. The summed E-state index contributed by atoms with van der Waals surface area (Å²) in [6.45, 7) is 1.83. The molecule has 0 N–H and O–H groups in total. The number of nitrogens with zero attached hydrogens (tertiary/aromatic N) is 6. The van der Waals surface area contributed by atoms with E-state index < -0.39 is 11.6 Å². The Kier molecular flexibility index (Phi) is 4.68. The second-order valence-corrected chi connectivity index (χ2v) is 7.84. The highest BCUT2D eigenvalue weighted by Crippen LogP contribution is 2.39. The van der Waals surface area contributed by atoms with Crippen molar-refractivity contribution in [3.8, 4) is 11.4 Å². The molecule has 5 heterocycles. The highest BCUT2D eigenvalue weighted by atomic mass is 16.5. The molecule has 0 unspecified atom stereocenters. The maximum Gasteiger partial charge on any atom is 0.409 e. The number of rotatable bonds is 2. The Morgan fingerprint density at radius 3 is 2.65 bits per heavy atom. The highest BCUT2D eigenvalue weighted by Gasteiger charge is 2.46. The molecule has 3 aromatic heterocycles. The van der Waals surface area contributed by atoms with Crippen LogP contribution in [-0.4, -0.2) is 68.3 Å². The van der Waals surface area contributed by atoms with Gasteiger partial charge in [-0.25, -0.2) is 4.79 Å². The maximum absolute atomic E-state index is 12.7. The van der Waals surface area contributed by atoms with E-state index >= 15 is 0 Å². The van der Waals surface area contributed by atoms with Crippen LogP contribution in [0.5, 0.6) is 0 Å². The van der Waals surface area contributed by atoms with Gasteiger partial charge in [0.05, 0.1) is 25.5 Å². The van der Waals surface area contributed by atoms with E-state index in [0.29, 0.717) is 50.6 Å². The summed E-state index contributed by atoms with van der Waals surface area (Å²) in [6, 6.07) is 7.18. The zero-order valence-corrected chi connectivity index (χ0v) is 17.1. The molecule has 5 rings (SSSR count). The Labute approximate surface area is 178 Å². The van der Waals surface area contributed by atoms with Crippen molar-refractivity contribution in [1.29, 1.82) is 0 Å². The summed E-state index contributed by atoms with van der Waals surface area (Å²) >= 11 is 0. The van der Waals surface area contributed by atoms with Crippen LogP contribution in [0.1, 0.15) is 29.2 Å². The molecule has 1 saturated heterocycles. The first kappa shape index (κ1) is 19.3. The highest BCUT2D eigenvalue weighted by molar-refractivity contribution is 5.91. The molecule has 0 aliphatic carbocycles. The van der Waals surface area contributed by atoms with Gasteiger partial charge in [0.2, 0.25) is 0 Å². The van der Waals surface area contributed by atoms with E-state index in [2.05, 4.69) is 19.7 Å². The molecule has 1 fully saturated rings. The topological polar surface area (TPSA) is 107 Å². The molecule has 0 aromatic carbocycles. The Morgan fingerprint density at radius 1 is 1.13 bits per heavy atom. The van der Waals surface area contributed by atoms with Gasteiger partial charge in [-0.05, 0) is 37.1 Å². The van der Waals surface area contributed by atoms with Crippen molar-refractivity contribution in [2.75, 3.05) is 26.7 Å². The van der Waals surface area contributed by atoms with Gasteiger partial charge in [0.1, 0.15) is 0 Å². The first-order valence-corrected chi connectivity index (χ1v) is 10.1. The third-order valence-electron chi connectivity index (χ3n) is 6.09. The van der Waals surface area contributed by atoms with Crippen LogP contribution in [0.3, 0.4) is 0 Å². The SMILES string of the molecule is COC(=O)N1Cc2nnc(-c3cccnc3)n2C2(CCN(C(=O)c3ccco3)CC2)C1. The van der Waals surface area contributed by atoms with Crippen LogP contribution >= 0.6 is 0 Å². The van der Waals surface area contributed by atoms with Crippen molar-refractivity contribution in [3.05, 3.63) is 54.5 Å². The number of furan rings is 1. The Hall–Kier alpha value is -3.69. The van der Waals surface area contributed by atoms with E-state index in [1.165, 1.54) is 13.4 Å². The van der Waals surface area contributed by atoms with Crippen LogP contribution in [-0.2, 0) is 16.8 Å². The second-order valence-electron chi connectivity index (χ2n) is 7.84. The van der Waals surface area contributed by atoms with E-state index in [-0.39, 0.29) is 5.91 Å². The molecule has 0 saturated carbocycles. The molecule has 3 aromatic rings. The third-order valence-corrected chi connectivity index (χ3v) is 6.09. The zero-order valence-electron chi connectivity index (χ0n) is 17.1. The molecule has 2 aliphatic heterocycles. The predicted octanol–water partition coefficient (Wildman–Crippen LogP) is 2.15. The van der Waals surface area contributed by atoms with Crippen LogP contribution in [0.15, 0.2) is 47.3 Å². The Balaban J connectivity index is 1.50. The van der Waals surface area contributed by atoms with E-state index in [0.717, 1.165) is 11.4 Å². The number of likely N-dealkylation sites (tertiary alicyclic amines) is 1. The maximum atomic E-state index is 12.7. The molecular weight excluding hydrogens is 400 g/mol. The van der Waals surface area contributed by atoms with Crippen LogP contribution in [0.2, 0.25) is 0 Å². The molecular formula is C21H22N6O4. The molecule has 10 nitrogen and oxygen atoms in total. The number of fused-ring (bicyclic) bond motifs is 2. The normalized spacial score (nSPS) is 17.5. The van der Waals surface area contributed by atoms with Crippen molar-refractivity contribution in [2.45, 2.75) is 24.9 Å². The van der Waals surface area contributed by atoms with Gasteiger partial charge in [-0.3, -0.25) is 14.7 Å². The summed E-state index contributed by atoms with van der Waals surface area (Å²) in [6.07, 6.45) is 5.86. The summed E-state index contributed by atoms with van der Waals surface area (Å²) in [5.41, 5.74) is 0.414. The molecule has 31 heavy (non-hydrogen) atoms. The molecule has 0 atom stereocenters. The van der Waals surface area contributed by atoms with Crippen molar-refractivity contribution >= 4 is 12.0 Å². The lowest BCUT2D eigenvalue weighted by Gasteiger charge is -2.48. The summed E-state index contributed by atoms with van der Waals surface area (Å²) in [5, 5.41) is 8.82. The minimum absolute atomic E-state index is 0.128. The van der Waals surface area contributed by atoms with E-state index in [1.807, 2.05) is 12.1 Å². The lowest BCUT2D eigenvalue weighted by molar-refractivity contribution is 0.0303. The molecule has 10 heteroatoms. The average Bonchev–Trinajstić information content (AvgIpc) is 3.50. The van der Waals surface area contributed by atoms with Gasteiger partial charge in [0, 0.05) is 37.6 Å². The number of carbonyl (C=O) groups is 2. The van der Waals surface area contributed by atoms with Gasteiger partial charge < -0.3 is 18.6 Å². The van der Waals surface area contributed by atoms with Gasteiger partial charge in [-0.1, -0.05) is 0 Å². The Morgan fingerprint density at radius 2 is 1.97 bits per heavy atom. The summed E-state index contributed by atoms with van der Waals surface area (Å²) in [7, 11) is 1.38. The number of ether oxygens (including phenoxy) is 1. The fourth-order valence-corrected chi connectivity index (χ4v) is 4.57. The summed E-state index contributed by atoms with van der Waals surface area (Å²) < 4.78 is 12.4. The molecule has 1 spiro atoms. The number of hydrogen-bond acceptors (Lipinski definition) is 7. The fourth-order valence-electron chi connectivity index (χ4n) is 4.57. The van der Waals surface area contributed by atoms with Gasteiger partial charge in [0.15, 0.2) is 17.4 Å². The van der Waals surface area contributed by atoms with Crippen LogP contribution in [0.25, 0.3) is 11.4 Å². The summed E-state index contributed by atoms with van der Waals surface area (Å²) in [4.78, 5) is 32.8.